The zero-order valence-corrected chi connectivity index (χ0v) is 16.4. The summed E-state index contributed by atoms with van der Waals surface area (Å²) in [4.78, 5) is 16.8. The van der Waals surface area contributed by atoms with Crippen LogP contribution in [0.2, 0.25) is 0 Å². The first kappa shape index (κ1) is 18.6. The summed E-state index contributed by atoms with van der Waals surface area (Å²) in [5.41, 5.74) is 3.79. The fourth-order valence-electron chi connectivity index (χ4n) is 2.78. The molecule has 0 spiro atoms. The van der Waals surface area contributed by atoms with Gasteiger partial charge < -0.3 is 4.74 Å². The average Bonchev–Trinajstić information content (AvgIpc) is 3.17. The fourth-order valence-corrected chi connectivity index (χ4v) is 3.72. The molecule has 0 atom stereocenters. The first-order valence-electron chi connectivity index (χ1n) is 8.99. The number of thiazole rings is 1. The lowest BCUT2D eigenvalue weighted by Crippen LogP contribution is -2.08. The van der Waals surface area contributed by atoms with Gasteiger partial charge in [0.25, 0.3) is 0 Å². The molecule has 29 heavy (non-hydrogen) atoms. The number of benzene rings is 3. The molecule has 140 valence electrons. The lowest BCUT2D eigenvalue weighted by molar-refractivity contribution is 0.0735. The lowest BCUT2D eigenvalue weighted by Gasteiger charge is -2.05. The highest BCUT2D eigenvalue weighted by atomic mass is 32.1. The van der Waals surface area contributed by atoms with Crippen LogP contribution in [-0.2, 0) is 0 Å². The zero-order valence-electron chi connectivity index (χ0n) is 15.6. The number of rotatable bonds is 4. The molecule has 0 saturated heterocycles. The predicted octanol–water partition coefficient (Wildman–Crippen LogP) is 5.89. The molecule has 3 aromatic carbocycles. The Hall–Kier alpha value is -3.75. The van der Waals surface area contributed by atoms with Crippen LogP contribution >= 0.6 is 11.3 Å². The van der Waals surface area contributed by atoms with Crippen LogP contribution in [0.5, 0.6) is 5.75 Å². The molecular formula is C24H16N2O2S. The minimum Gasteiger partial charge on any atom is -0.423 e. The number of carbonyl (C=O) groups excluding carboxylic acids is 1. The molecule has 1 heterocycles. The molecule has 0 aliphatic heterocycles. The Kier molecular flexibility index (Phi) is 5.19. The van der Waals surface area contributed by atoms with Crippen molar-refractivity contribution in [2.75, 3.05) is 0 Å². The van der Waals surface area contributed by atoms with Gasteiger partial charge in [0.05, 0.1) is 21.4 Å². The van der Waals surface area contributed by atoms with Crippen LogP contribution in [0.25, 0.3) is 21.9 Å². The van der Waals surface area contributed by atoms with Crippen LogP contribution in [0.4, 0.5) is 0 Å². The Morgan fingerprint density at radius 2 is 1.76 bits per heavy atom. The van der Waals surface area contributed by atoms with Gasteiger partial charge in [-0.15, -0.1) is 11.3 Å². The molecule has 0 aliphatic carbocycles. The van der Waals surface area contributed by atoms with Gasteiger partial charge >= 0.3 is 5.97 Å². The Bertz CT molecular complexity index is 1210. The number of carbonyl (C=O) groups is 1. The molecule has 4 rings (SSSR count). The number of ether oxygens (including phenoxy) is 1. The van der Waals surface area contributed by atoms with Gasteiger partial charge in [-0.2, -0.15) is 5.26 Å². The SMILES string of the molecule is Cc1ccc(C(=O)Oc2ccc(C=C(C#N)c3nc4ccccc4s3)cc2)cc1. The highest BCUT2D eigenvalue weighted by Crippen LogP contribution is 2.28. The number of hydrogen-bond donors (Lipinski definition) is 0. The average molecular weight is 396 g/mol. The van der Waals surface area contributed by atoms with Gasteiger partial charge in [0, 0.05) is 0 Å². The molecule has 0 amide bonds. The van der Waals surface area contributed by atoms with Crippen LogP contribution in [-0.4, -0.2) is 11.0 Å². The number of nitriles is 1. The van der Waals surface area contributed by atoms with E-state index in [1.54, 1.807) is 30.3 Å². The van der Waals surface area contributed by atoms with Crippen molar-refractivity contribution in [3.63, 3.8) is 0 Å². The van der Waals surface area contributed by atoms with Crippen molar-refractivity contribution in [3.05, 3.63) is 94.5 Å². The molecule has 0 bridgehead atoms. The van der Waals surface area contributed by atoms with E-state index in [1.807, 2.05) is 55.5 Å². The van der Waals surface area contributed by atoms with Crippen molar-refractivity contribution in [3.8, 4) is 11.8 Å². The first-order valence-corrected chi connectivity index (χ1v) is 9.81. The van der Waals surface area contributed by atoms with Crippen molar-refractivity contribution in [1.29, 1.82) is 5.26 Å². The summed E-state index contributed by atoms with van der Waals surface area (Å²) in [5, 5.41) is 10.2. The second kappa shape index (κ2) is 8.09. The maximum atomic E-state index is 12.2. The van der Waals surface area contributed by atoms with E-state index in [1.165, 1.54) is 11.3 Å². The van der Waals surface area contributed by atoms with E-state index in [2.05, 4.69) is 11.1 Å². The number of aromatic nitrogens is 1. The Balaban J connectivity index is 1.52. The molecule has 0 saturated carbocycles. The summed E-state index contributed by atoms with van der Waals surface area (Å²) in [6.07, 6.45) is 1.78. The topological polar surface area (TPSA) is 63.0 Å². The second-order valence-electron chi connectivity index (χ2n) is 6.48. The fraction of sp³-hybridized carbons (Fsp3) is 0.0417. The number of esters is 1. The monoisotopic (exact) mass is 396 g/mol. The van der Waals surface area contributed by atoms with Gasteiger partial charge in [-0.1, -0.05) is 42.0 Å². The van der Waals surface area contributed by atoms with Crippen molar-refractivity contribution in [2.24, 2.45) is 0 Å². The van der Waals surface area contributed by atoms with Gasteiger partial charge in [0.2, 0.25) is 0 Å². The van der Waals surface area contributed by atoms with Gasteiger partial charge in [0.15, 0.2) is 0 Å². The number of fused-ring (bicyclic) bond motifs is 1. The van der Waals surface area contributed by atoms with Crippen LogP contribution in [0.15, 0.2) is 72.8 Å². The third-order valence-electron chi connectivity index (χ3n) is 4.33. The van der Waals surface area contributed by atoms with E-state index in [0.29, 0.717) is 21.9 Å². The number of nitrogens with zero attached hydrogens (tertiary/aromatic N) is 2. The lowest BCUT2D eigenvalue weighted by atomic mass is 10.1. The molecule has 0 fully saturated rings. The third kappa shape index (κ3) is 4.23. The summed E-state index contributed by atoms with van der Waals surface area (Å²) in [6, 6.07) is 24.3. The molecule has 4 nitrogen and oxygen atoms in total. The molecule has 0 aliphatic rings. The molecule has 0 N–H and O–H groups in total. The van der Waals surface area contributed by atoms with E-state index in [0.717, 1.165) is 21.3 Å². The summed E-state index contributed by atoms with van der Waals surface area (Å²) in [7, 11) is 0. The second-order valence-corrected chi connectivity index (χ2v) is 7.51. The van der Waals surface area contributed by atoms with Gasteiger partial charge in [-0.3, -0.25) is 0 Å². The summed E-state index contributed by atoms with van der Waals surface area (Å²) >= 11 is 1.49. The number of hydrogen-bond acceptors (Lipinski definition) is 5. The minimum absolute atomic E-state index is 0.402. The van der Waals surface area contributed by atoms with E-state index in [9.17, 15) is 10.1 Å². The molecule has 1 aromatic heterocycles. The molecule has 0 radical (unpaired) electrons. The van der Waals surface area contributed by atoms with E-state index in [4.69, 9.17) is 4.74 Å². The molecular weight excluding hydrogens is 380 g/mol. The largest absolute Gasteiger partial charge is 0.423 e. The van der Waals surface area contributed by atoms with Gasteiger partial charge in [-0.05, 0) is 55.0 Å². The molecule has 5 heteroatoms. The van der Waals surface area contributed by atoms with Crippen molar-refractivity contribution < 1.29 is 9.53 Å². The van der Waals surface area contributed by atoms with Crippen LogP contribution < -0.4 is 4.74 Å². The maximum Gasteiger partial charge on any atom is 0.343 e. The normalized spacial score (nSPS) is 11.2. The zero-order chi connectivity index (χ0) is 20.2. The highest BCUT2D eigenvalue weighted by molar-refractivity contribution is 7.19. The maximum absolute atomic E-state index is 12.2. The Morgan fingerprint density at radius 3 is 2.45 bits per heavy atom. The van der Waals surface area contributed by atoms with Crippen LogP contribution in [0.3, 0.4) is 0 Å². The van der Waals surface area contributed by atoms with Gasteiger partial charge in [0.1, 0.15) is 16.8 Å². The minimum atomic E-state index is -0.402. The predicted molar refractivity (Wildman–Crippen MR) is 116 cm³/mol. The molecule has 0 unspecified atom stereocenters. The third-order valence-corrected chi connectivity index (χ3v) is 5.40. The van der Waals surface area contributed by atoms with Crippen molar-refractivity contribution >= 4 is 39.2 Å². The summed E-state index contributed by atoms with van der Waals surface area (Å²) < 4.78 is 6.46. The highest BCUT2D eigenvalue weighted by Gasteiger charge is 2.10. The number of para-hydroxylation sites is 1. The summed E-state index contributed by atoms with van der Waals surface area (Å²) in [5.74, 6) is 0.0479. The number of allylic oxidation sites excluding steroid dienone is 1. The Morgan fingerprint density at radius 1 is 1.03 bits per heavy atom. The summed E-state index contributed by atoms with van der Waals surface area (Å²) in [6.45, 7) is 1.96. The van der Waals surface area contributed by atoms with E-state index >= 15 is 0 Å². The van der Waals surface area contributed by atoms with Crippen molar-refractivity contribution in [1.82, 2.24) is 4.98 Å². The first-order chi connectivity index (χ1) is 14.1. The Labute approximate surface area is 172 Å². The van der Waals surface area contributed by atoms with Crippen LogP contribution in [0, 0.1) is 18.3 Å². The van der Waals surface area contributed by atoms with Gasteiger partial charge in [-0.25, -0.2) is 9.78 Å². The smallest absolute Gasteiger partial charge is 0.343 e. The van der Waals surface area contributed by atoms with Crippen LogP contribution in [0.1, 0.15) is 26.5 Å². The number of aryl methyl sites for hydroxylation is 1. The standard InChI is InChI=1S/C24H16N2O2S/c1-16-6-10-18(11-7-16)24(27)28-20-12-8-17(9-13-20)14-19(15-25)23-26-21-4-2-3-5-22(21)29-23/h2-14H,1H3. The van der Waals surface area contributed by atoms with E-state index in [-0.39, 0.29) is 0 Å². The molecule has 4 aromatic rings. The van der Waals surface area contributed by atoms with Crippen molar-refractivity contribution in [2.45, 2.75) is 6.92 Å². The van der Waals surface area contributed by atoms with E-state index < -0.39 is 5.97 Å². The quantitative estimate of drug-likeness (QED) is 0.245.